The molecule has 0 bridgehead atoms. The topological polar surface area (TPSA) is 65.0 Å². The largest absolute Gasteiger partial charge is 0.484 e. The Hall–Kier alpha value is -0.693. The van der Waals surface area contributed by atoms with E-state index in [4.69, 9.17) is 18.4 Å². The Morgan fingerprint density at radius 1 is 1.05 bits per heavy atom. The van der Waals surface area contributed by atoms with E-state index in [0.29, 0.717) is 31.8 Å². The number of carboxylic acid groups (broad SMARTS) is 1. The summed E-state index contributed by atoms with van der Waals surface area (Å²) in [5.41, 5.74) is 0.317. The molecule has 0 aromatic carbocycles. The molecule has 1 N–H and O–H groups in total. The summed E-state index contributed by atoms with van der Waals surface area (Å²) in [5.74, 6) is -0.872. The van der Waals surface area contributed by atoms with E-state index in [2.05, 4.69) is 6.58 Å². The third kappa shape index (κ3) is 15.2. The van der Waals surface area contributed by atoms with Gasteiger partial charge in [-0.05, 0) is 33.6 Å². The quantitative estimate of drug-likeness (QED) is 0.495. The predicted octanol–water partition coefficient (Wildman–Crippen LogP) is 2.63. The van der Waals surface area contributed by atoms with Crippen LogP contribution < -0.4 is 0 Å². The highest BCUT2D eigenvalue weighted by Gasteiger charge is 2.11. The van der Waals surface area contributed by atoms with Gasteiger partial charge < -0.3 is 18.4 Å². The number of aliphatic carboxylic acids is 1. The van der Waals surface area contributed by atoms with E-state index in [1.165, 1.54) is 0 Å². The summed E-state index contributed by atoms with van der Waals surface area (Å²) in [5, 5.41) is 8.31. The van der Waals surface area contributed by atoms with Crippen LogP contribution in [-0.4, -0.2) is 40.4 Å². The average molecular weight is 292 g/mol. The van der Waals surface area contributed by atoms with Crippen LogP contribution in [0, 0.1) is 0 Å². The lowest BCUT2D eigenvalue weighted by atomic mass is 10.1. The van der Waals surface area contributed by atoms with Gasteiger partial charge in [0.05, 0.1) is 0 Å². The number of hydrogen-bond acceptors (Lipinski definition) is 4. The van der Waals surface area contributed by atoms with Crippen molar-refractivity contribution >= 4 is 15.5 Å². The Balaban J connectivity index is 0. The van der Waals surface area contributed by atoms with Crippen LogP contribution >= 0.6 is 0 Å². The van der Waals surface area contributed by atoms with E-state index in [9.17, 15) is 4.79 Å². The predicted molar refractivity (Wildman–Crippen MR) is 78.3 cm³/mol. The second-order valence-electron chi connectivity index (χ2n) is 3.67. The minimum Gasteiger partial charge on any atom is -0.478 e. The zero-order valence-corrected chi connectivity index (χ0v) is 13.8. The monoisotopic (exact) mass is 292 g/mol. The molecule has 0 aliphatic heterocycles. The van der Waals surface area contributed by atoms with Gasteiger partial charge in [-0.3, -0.25) is 0 Å². The molecular weight excluding hydrogens is 264 g/mol. The van der Waals surface area contributed by atoms with Gasteiger partial charge in [-0.25, -0.2) is 4.79 Å². The van der Waals surface area contributed by atoms with Crippen molar-refractivity contribution in [3.63, 3.8) is 0 Å². The van der Waals surface area contributed by atoms with E-state index in [-0.39, 0.29) is 0 Å². The zero-order chi connectivity index (χ0) is 15.1. The van der Waals surface area contributed by atoms with Crippen LogP contribution in [0.25, 0.3) is 0 Å². The standard InChI is InChI=1S/C7H12O2.C6H16O3Si/c1-3-4-5-6(2)7(8)9;1-4-7-10(8-5-2)9-6-3/h2-5H2,1H3,(H,8,9);10H,4-6H2,1-3H3. The minimum absolute atomic E-state index is 0.317. The zero-order valence-electron chi connectivity index (χ0n) is 12.6. The number of rotatable bonds is 10. The number of carboxylic acids is 1. The summed E-state index contributed by atoms with van der Waals surface area (Å²) < 4.78 is 15.7. The van der Waals surface area contributed by atoms with Crippen molar-refractivity contribution in [2.24, 2.45) is 0 Å². The molecule has 0 aromatic rings. The highest BCUT2D eigenvalue weighted by molar-refractivity contribution is 6.36. The van der Waals surface area contributed by atoms with Gasteiger partial charge in [0.2, 0.25) is 0 Å². The maximum Gasteiger partial charge on any atom is 0.484 e. The molecule has 114 valence electrons. The van der Waals surface area contributed by atoms with E-state index >= 15 is 0 Å². The number of unbranched alkanes of at least 4 members (excludes halogenated alkanes) is 1. The molecule has 0 saturated carbocycles. The molecule has 0 saturated heterocycles. The van der Waals surface area contributed by atoms with Crippen LogP contribution in [0.5, 0.6) is 0 Å². The summed E-state index contributed by atoms with van der Waals surface area (Å²) in [6.07, 6.45) is 2.56. The molecule has 19 heavy (non-hydrogen) atoms. The molecular formula is C13H28O5Si. The van der Waals surface area contributed by atoms with Gasteiger partial charge in [0.25, 0.3) is 0 Å². The highest BCUT2D eigenvalue weighted by Crippen LogP contribution is 2.03. The lowest BCUT2D eigenvalue weighted by Gasteiger charge is -2.12. The van der Waals surface area contributed by atoms with Crippen molar-refractivity contribution in [1.82, 2.24) is 0 Å². The van der Waals surface area contributed by atoms with Crippen LogP contribution in [0.15, 0.2) is 12.2 Å². The second kappa shape index (κ2) is 15.4. The van der Waals surface area contributed by atoms with Crippen LogP contribution in [-0.2, 0) is 18.1 Å². The molecule has 0 spiro atoms. The molecule has 0 unspecified atom stereocenters. The molecule has 0 aliphatic carbocycles. The van der Waals surface area contributed by atoms with Gasteiger partial charge in [-0.15, -0.1) is 0 Å². The molecule has 6 heteroatoms. The molecule has 0 aromatic heterocycles. The van der Waals surface area contributed by atoms with E-state index in [1.54, 1.807) is 0 Å². The van der Waals surface area contributed by atoms with Gasteiger partial charge in [-0.2, -0.15) is 0 Å². The summed E-state index contributed by atoms with van der Waals surface area (Å²) in [7, 11) is -1.73. The molecule has 5 nitrogen and oxygen atoms in total. The van der Waals surface area contributed by atoms with Crippen molar-refractivity contribution < 1.29 is 23.2 Å². The first-order valence-corrected chi connectivity index (χ1v) is 8.20. The molecule has 0 radical (unpaired) electrons. The van der Waals surface area contributed by atoms with Gasteiger partial charge in [-0.1, -0.05) is 19.9 Å². The van der Waals surface area contributed by atoms with Gasteiger partial charge >= 0.3 is 15.5 Å². The SMILES string of the molecule is C=C(CCCC)C(=O)O.CCO[SiH](OCC)OCC. The lowest BCUT2D eigenvalue weighted by molar-refractivity contribution is -0.132. The summed E-state index contributed by atoms with van der Waals surface area (Å²) in [6, 6.07) is 0. The molecule has 0 aliphatic rings. The van der Waals surface area contributed by atoms with Gasteiger partial charge in [0, 0.05) is 25.4 Å². The Morgan fingerprint density at radius 2 is 1.47 bits per heavy atom. The average Bonchev–Trinajstić information content (AvgIpc) is 2.37. The smallest absolute Gasteiger partial charge is 0.478 e. The minimum atomic E-state index is -1.73. The maximum atomic E-state index is 10.1. The van der Waals surface area contributed by atoms with E-state index < -0.39 is 15.5 Å². The third-order valence-corrected chi connectivity index (χ3v) is 3.86. The van der Waals surface area contributed by atoms with Crippen LogP contribution in [0.1, 0.15) is 47.0 Å². The van der Waals surface area contributed by atoms with Crippen LogP contribution in [0.3, 0.4) is 0 Å². The lowest BCUT2D eigenvalue weighted by Crippen LogP contribution is -2.27. The fraction of sp³-hybridized carbons (Fsp3) is 0.769. The summed E-state index contributed by atoms with van der Waals surface area (Å²) in [6.45, 7) is 13.3. The van der Waals surface area contributed by atoms with Crippen molar-refractivity contribution in [3.8, 4) is 0 Å². The number of carbonyl (C=O) groups is 1. The van der Waals surface area contributed by atoms with Gasteiger partial charge in [0.1, 0.15) is 0 Å². The molecule has 0 heterocycles. The van der Waals surface area contributed by atoms with E-state index in [1.807, 2.05) is 27.7 Å². The van der Waals surface area contributed by atoms with Crippen LogP contribution in [0.4, 0.5) is 0 Å². The van der Waals surface area contributed by atoms with Crippen molar-refractivity contribution in [2.75, 3.05) is 19.8 Å². The summed E-state index contributed by atoms with van der Waals surface area (Å²) in [4.78, 5) is 10.1. The Bertz CT molecular complexity index is 219. The summed E-state index contributed by atoms with van der Waals surface area (Å²) >= 11 is 0. The molecule has 0 fully saturated rings. The highest BCUT2D eigenvalue weighted by atomic mass is 28.3. The fourth-order valence-corrected chi connectivity index (χ4v) is 2.15. The van der Waals surface area contributed by atoms with Gasteiger partial charge in [0.15, 0.2) is 0 Å². The first kappa shape index (κ1) is 20.6. The van der Waals surface area contributed by atoms with Crippen molar-refractivity contribution in [1.29, 1.82) is 0 Å². The van der Waals surface area contributed by atoms with E-state index in [0.717, 1.165) is 12.8 Å². The normalized spacial score (nSPS) is 9.95. The third-order valence-electron chi connectivity index (χ3n) is 2.04. The maximum absolute atomic E-state index is 10.1. The Labute approximate surface area is 118 Å². The molecule has 0 atom stereocenters. The molecule has 0 amide bonds. The Morgan fingerprint density at radius 3 is 1.74 bits per heavy atom. The first-order chi connectivity index (χ1) is 9.03. The first-order valence-electron chi connectivity index (χ1n) is 6.79. The number of hydrogen-bond donors (Lipinski definition) is 1. The second-order valence-corrected chi connectivity index (χ2v) is 5.24. The fourth-order valence-electron chi connectivity index (χ4n) is 1.05. The molecule has 0 rings (SSSR count). The van der Waals surface area contributed by atoms with Crippen LogP contribution in [0.2, 0.25) is 0 Å². The Kier molecular flexibility index (Phi) is 16.7. The van der Waals surface area contributed by atoms with Crippen molar-refractivity contribution in [2.45, 2.75) is 47.0 Å². The van der Waals surface area contributed by atoms with Crippen molar-refractivity contribution in [3.05, 3.63) is 12.2 Å².